The molecule has 0 aliphatic rings. The van der Waals surface area contributed by atoms with E-state index in [-0.39, 0.29) is 11.1 Å². The zero-order valence-electron chi connectivity index (χ0n) is 7.98. The highest BCUT2D eigenvalue weighted by Crippen LogP contribution is 2.31. The van der Waals surface area contributed by atoms with E-state index in [0.717, 1.165) is 15.1 Å². The fraction of sp³-hybridized carbons (Fsp3) is 0.571. The van der Waals surface area contributed by atoms with E-state index in [2.05, 4.69) is 10.2 Å². The maximum atomic E-state index is 7.36. The highest BCUT2D eigenvalue weighted by atomic mass is 32.2. The van der Waals surface area contributed by atoms with Gasteiger partial charge < -0.3 is 5.73 Å². The van der Waals surface area contributed by atoms with Crippen molar-refractivity contribution in [2.24, 2.45) is 5.73 Å². The van der Waals surface area contributed by atoms with E-state index in [9.17, 15) is 0 Å². The molecule has 0 aliphatic carbocycles. The molecule has 78 valence electrons. The van der Waals surface area contributed by atoms with Gasteiger partial charge in [-0.15, -0.1) is 10.2 Å². The van der Waals surface area contributed by atoms with Gasteiger partial charge in [0.15, 0.2) is 8.68 Å². The van der Waals surface area contributed by atoms with Crippen LogP contribution in [0.4, 0.5) is 0 Å². The van der Waals surface area contributed by atoms with Crippen molar-refractivity contribution >= 4 is 40.7 Å². The number of hydrogen-bond donors (Lipinski definition) is 2. The molecule has 0 radical (unpaired) electrons. The Morgan fingerprint density at radius 1 is 1.57 bits per heavy atom. The fourth-order valence-corrected chi connectivity index (χ4v) is 3.38. The van der Waals surface area contributed by atoms with Gasteiger partial charge >= 0.3 is 0 Å². The number of nitrogens with two attached hydrogens (primary N) is 1. The zero-order chi connectivity index (χ0) is 10.6. The van der Waals surface area contributed by atoms with E-state index in [1.807, 2.05) is 13.2 Å². The van der Waals surface area contributed by atoms with Crippen LogP contribution in [0.2, 0.25) is 0 Å². The SMILES string of the molecule is CCC(Sc1nnc(SC)s1)C(=N)N. The number of thioether (sulfide) groups is 2. The summed E-state index contributed by atoms with van der Waals surface area (Å²) >= 11 is 4.64. The first kappa shape index (κ1) is 11.8. The Labute approximate surface area is 95.6 Å². The summed E-state index contributed by atoms with van der Waals surface area (Å²) in [6, 6.07) is 0. The summed E-state index contributed by atoms with van der Waals surface area (Å²) in [6.07, 6.45) is 2.81. The number of hydrogen-bond acceptors (Lipinski definition) is 6. The number of amidine groups is 1. The van der Waals surface area contributed by atoms with Gasteiger partial charge in [-0.05, 0) is 12.7 Å². The minimum atomic E-state index is 0.0256. The molecule has 14 heavy (non-hydrogen) atoms. The summed E-state index contributed by atoms with van der Waals surface area (Å²) in [5.41, 5.74) is 5.45. The van der Waals surface area contributed by atoms with Crippen LogP contribution in [-0.2, 0) is 0 Å². The van der Waals surface area contributed by atoms with Crippen LogP contribution in [0.1, 0.15) is 13.3 Å². The predicted octanol–water partition coefficient (Wildman–Crippen LogP) is 2.07. The van der Waals surface area contributed by atoms with Crippen molar-refractivity contribution in [3.63, 3.8) is 0 Å². The molecule has 0 amide bonds. The van der Waals surface area contributed by atoms with Gasteiger partial charge in [0.1, 0.15) is 5.84 Å². The molecule has 0 spiro atoms. The smallest absolute Gasteiger partial charge is 0.175 e. The fourth-order valence-electron chi connectivity index (χ4n) is 0.816. The van der Waals surface area contributed by atoms with Gasteiger partial charge in [-0.1, -0.05) is 41.8 Å². The zero-order valence-corrected chi connectivity index (χ0v) is 10.4. The second kappa shape index (κ2) is 5.57. The van der Waals surface area contributed by atoms with Gasteiger partial charge in [-0.3, -0.25) is 5.41 Å². The Hall–Kier alpha value is -0.270. The van der Waals surface area contributed by atoms with Crippen molar-refractivity contribution in [1.82, 2.24) is 10.2 Å². The second-order valence-corrected chi connectivity index (χ2v) is 5.99. The molecule has 1 heterocycles. The van der Waals surface area contributed by atoms with Crippen molar-refractivity contribution in [3.8, 4) is 0 Å². The highest BCUT2D eigenvalue weighted by molar-refractivity contribution is 8.03. The van der Waals surface area contributed by atoms with E-state index >= 15 is 0 Å². The van der Waals surface area contributed by atoms with Gasteiger partial charge in [0, 0.05) is 0 Å². The molecule has 1 rings (SSSR count). The summed E-state index contributed by atoms with van der Waals surface area (Å²) in [6.45, 7) is 2.01. The van der Waals surface area contributed by atoms with E-state index in [1.54, 1.807) is 23.1 Å². The first-order valence-electron chi connectivity index (χ1n) is 4.05. The van der Waals surface area contributed by atoms with Crippen LogP contribution >= 0.6 is 34.9 Å². The predicted molar refractivity (Wildman–Crippen MR) is 63.5 cm³/mol. The van der Waals surface area contributed by atoms with E-state index in [4.69, 9.17) is 11.1 Å². The van der Waals surface area contributed by atoms with Crippen LogP contribution in [0.5, 0.6) is 0 Å². The standard InChI is InChI=1S/C7H12N4S3/c1-3-4(5(8)9)13-7-11-10-6(12-2)14-7/h4H,3H2,1-2H3,(H3,8,9). The second-order valence-electron chi connectivity index (χ2n) is 2.51. The summed E-state index contributed by atoms with van der Waals surface area (Å²) in [5, 5.41) is 15.4. The maximum absolute atomic E-state index is 7.36. The van der Waals surface area contributed by atoms with Gasteiger partial charge in [-0.2, -0.15) is 0 Å². The van der Waals surface area contributed by atoms with Crippen LogP contribution in [0.25, 0.3) is 0 Å². The summed E-state index contributed by atoms with van der Waals surface area (Å²) in [5.74, 6) is 0.207. The first-order valence-corrected chi connectivity index (χ1v) is 6.97. The molecule has 1 aromatic rings. The Balaban J connectivity index is 2.62. The Morgan fingerprint density at radius 2 is 2.21 bits per heavy atom. The lowest BCUT2D eigenvalue weighted by Gasteiger charge is -2.08. The average molecular weight is 248 g/mol. The van der Waals surface area contributed by atoms with Crippen LogP contribution in [0.15, 0.2) is 8.68 Å². The van der Waals surface area contributed by atoms with Crippen molar-refractivity contribution in [2.45, 2.75) is 27.3 Å². The molecule has 7 heteroatoms. The van der Waals surface area contributed by atoms with Crippen molar-refractivity contribution in [3.05, 3.63) is 0 Å². The third-order valence-electron chi connectivity index (χ3n) is 1.52. The third-order valence-corrected chi connectivity index (χ3v) is 4.91. The monoisotopic (exact) mass is 248 g/mol. The normalized spacial score (nSPS) is 12.7. The van der Waals surface area contributed by atoms with E-state index in [1.165, 1.54) is 11.8 Å². The Bertz CT molecular complexity index is 312. The van der Waals surface area contributed by atoms with Crippen molar-refractivity contribution < 1.29 is 0 Å². The van der Waals surface area contributed by atoms with Gasteiger partial charge in [0.2, 0.25) is 0 Å². The molecule has 1 unspecified atom stereocenters. The molecular formula is C7H12N4S3. The van der Waals surface area contributed by atoms with E-state index in [0.29, 0.717) is 0 Å². The third kappa shape index (κ3) is 3.14. The minimum absolute atomic E-state index is 0.0256. The summed E-state index contributed by atoms with van der Waals surface area (Å²) in [7, 11) is 0. The lowest BCUT2D eigenvalue weighted by Crippen LogP contribution is -2.23. The molecule has 0 aromatic carbocycles. The maximum Gasteiger partial charge on any atom is 0.175 e. The van der Waals surface area contributed by atoms with Crippen molar-refractivity contribution in [2.75, 3.05) is 6.26 Å². The molecular weight excluding hydrogens is 236 g/mol. The number of nitrogens with one attached hydrogen (secondary N) is 1. The lowest BCUT2D eigenvalue weighted by atomic mass is 10.3. The first-order chi connectivity index (χ1) is 6.67. The molecule has 0 saturated heterocycles. The molecule has 4 nitrogen and oxygen atoms in total. The number of aromatic nitrogens is 2. The molecule has 0 aliphatic heterocycles. The molecule has 0 fully saturated rings. The van der Waals surface area contributed by atoms with Crippen LogP contribution in [-0.4, -0.2) is 27.5 Å². The van der Waals surface area contributed by atoms with Crippen molar-refractivity contribution in [1.29, 1.82) is 5.41 Å². The van der Waals surface area contributed by atoms with Gasteiger partial charge in [0.05, 0.1) is 5.25 Å². The summed E-state index contributed by atoms with van der Waals surface area (Å²) < 4.78 is 1.84. The van der Waals surface area contributed by atoms with E-state index < -0.39 is 0 Å². The molecule has 1 aromatic heterocycles. The molecule has 0 bridgehead atoms. The Kier molecular flexibility index (Phi) is 4.70. The van der Waals surface area contributed by atoms with Crippen LogP contribution in [0.3, 0.4) is 0 Å². The number of rotatable bonds is 5. The quantitative estimate of drug-likeness (QED) is 0.474. The van der Waals surface area contributed by atoms with Gasteiger partial charge in [-0.25, -0.2) is 0 Å². The Morgan fingerprint density at radius 3 is 2.64 bits per heavy atom. The minimum Gasteiger partial charge on any atom is -0.387 e. The average Bonchev–Trinajstić information content (AvgIpc) is 2.61. The van der Waals surface area contributed by atoms with Gasteiger partial charge in [0.25, 0.3) is 0 Å². The van der Waals surface area contributed by atoms with Crippen LogP contribution in [0, 0.1) is 5.41 Å². The largest absolute Gasteiger partial charge is 0.387 e. The molecule has 3 N–H and O–H groups in total. The number of nitrogens with zero attached hydrogens (tertiary/aromatic N) is 2. The highest BCUT2D eigenvalue weighted by Gasteiger charge is 2.14. The van der Waals surface area contributed by atoms with Crippen LogP contribution < -0.4 is 5.73 Å². The topological polar surface area (TPSA) is 75.7 Å². The summed E-state index contributed by atoms with van der Waals surface area (Å²) in [4.78, 5) is 0. The molecule has 0 saturated carbocycles. The lowest BCUT2D eigenvalue weighted by molar-refractivity contribution is 0.944. The molecule has 1 atom stereocenters.